The van der Waals surface area contributed by atoms with Gasteiger partial charge in [0.15, 0.2) is 16.3 Å². The van der Waals surface area contributed by atoms with Crippen molar-refractivity contribution in [2.75, 3.05) is 20.3 Å². The molecule has 1 aromatic heterocycles. The highest BCUT2D eigenvalue weighted by Crippen LogP contribution is 2.37. The number of rotatable bonds is 10. The summed E-state index contributed by atoms with van der Waals surface area (Å²) in [6.45, 7) is 8.93. The van der Waals surface area contributed by atoms with Gasteiger partial charge < -0.3 is 18.9 Å². The third-order valence-electron chi connectivity index (χ3n) is 8.18. The van der Waals surface area contributed by atoms with Crippen molar-refractivity contribution in [3.05, 3.63) is 149 Å². The molecule has 0 amide bonds. The Labute approximate surface area is 303 Å². The fourth-order valence-electron chi connectivity index (χ4n) is 5.65. The molecule has 2 heterocycles. The lowest BCUT2D eigenvalue weighted by atomic mass is 9.87. The zero-order valence-corrected chi connectivity index (χ0v) is 30.8. The summed E-state index contributed by atoms with van der Waals surface area (Å²) in [5, 5.41) is 0. The number of ether oxygens (including phenoxy) is 4. The van der Waals surface area contributed by atoms with E-state index in [1.165, 1.54) is 16.9 Å². The number of esters is 1. The number of para-hydroxylation sites is 1. The first kappa shape index (κ1) is 34.9. The molecule has 0 fully saturated rings. The van der Waals surface area contributed by atoms with E-state index in [0.29, 0.717) is 55.5 Å². The zero-order valence-electron chi connectivity index (χ0n) is 28.4. The van der Waals surface area contributed by atoms with Gasteiger partial charge in [-0.3, -0.25) is 9.36 Å². The van der Waals surface area contributed by atoms with Crippen LogP contribution in [0.15, 0.2) is 123 Å². The third-order valence-corrected chi connectivity index (χ3v) is 9.75. The minimum Gasteiger partial charge on any atom is -0.493 e. The van der Waals surface area contributed by atoms with Crippen molar-refractivity contribution in [1.29, 1.82) is 0 Å². The van der Waals surface area contributed by atoms with E-state index < -0.39 is 12.0 Å². The molecular formula is C40H37BrN2O6S. The molecular weight excluding hydrogens is 716 g/mol. The fourth-order valence-corrected chi connectivity index (χ4v) is 7.27. The number of fused-ring (bicyclic) bond motifs is 1. The molecule has 4 aromatic carbocycles. The maximum absolute atomic E-state index is 14.1. The molecule has 0 radical (unpaired) electrons. The molecule has 8 nitrogen and oxygen atoms in total. The van der Waals surface area contributed by atoms with Crippen LogP contribution in [-0.4, -0.2) is 30.9 Å². The molecule has 256 valence electrons. The molecule has 50 heavy (non-hydrogen) atoms. The first-order valence-electron chi connectivity index (χ1n) is 16.1. The van der Waals surface area contributed by atoms with Crippen LogP contribution in [0.3, 0.4) is 0 Å². The summed E-state index contributed by atoms with van der Waals surface area (Å²) in [6.07, 6.45) is 1.79. The Bertz CT molecular complexity index is 2220. The summed E-state index contributed by atoms with van der Waals surface area (Å²) in [7, 11) is 1.57. The number of hydrogen-bond acceptors (Lipinski definition) is 8. The van der Waals surface area contributed by atoms with E-state index in [4.69, 9.17) is 23.9 Å². The zero-order chi connectivity index (χ0) is 35.4. The average Bonchev–Trinajstić information content (AvgIpc) is 3.40. The van der Waals surface area contributed by atoms with Crippen molar-refractivity contribution in [2.45, 2.75) is 39.2 Å². The van der Waals surface area contributed by atoms with Crippen LogP contribution in [0.1, 0.15) is 50.4 Å². The average molecular weight is 754 g/mol. The van der Waals surface area contributed by atoms with Gasteiger partial charge in [-0.25, -0.2) is 9.79 Å². The largest absolute Gasteiger partial charge is 0.493 e. The topological polar surface area (TPSA) is 88.4 Å². The van der Waals surface area contributed by atoms with E-state index in [1.807, 2.05) is 60.7 Å². The van der Waals surface area contributed by atoms with Gasteiger partial charge in [-0.05, 0) is 87.4 Å². The smallest absolute Gasteiger partial charge is 0.343 e. The Hall–Kier alpha value is -4.93. The number of allylic oxidation sites excluding steroid dienone is 1. The van der Waals surface area contributed by atoms with Crippen LogP contribution in [-0.2, 0) is 10.2 Å². The molecule has 0 saturated carbocycles. The fraction of sp³-hybridized carbons (Fsp3) is 0.225. The highest BCUT2D eigenvalue weighted by Gasteiger charge is 2.33. The maximum Gasteiger partial charge on any atom is 0.343 e. The summed E-state index contributed by atoms with van der Waals surface area (Å²) >= 11 is 4.88. The van der Waals surface area contributed by atoms with Gasteiger partial charge in [0.2, 0.25) is 0 Å². The molecule has 0 aliphatic carbocycles. The first-order chi connectivity index (χ1) is 24.0. The highest BCUT2D eigenvalue weighted by molar-refractivity contribution is 9.10. The summed E-state index contributed by atoms with van der Waals surface area (Å²) in [5.41, 5.74) is 3.32. The Morgan fingerprint density at radius 2 is 1.58 bits per heavy atom. The number of carbonyl (C=O) groups is 1. The second-order valence-corrected chi connectivity index (χ2v) is 14.6. The first-order valence-corrected chi connectivity index (χ1v) is 17.7. The molecule has 1 aliphatic heterocycles. The van der Waals surface area contributed by atoms with Gasteiger partial charge in [0.1, 0.15) is 24.7 Å². The van der Waals surface area contributed by atoms with Crippen molar-refractivity contribution < 1.29 is 23.7 Å². The molecule has 1 unspecified atom stereocenters. The second-order valence-electron chi connectivity index (χ2n) is 12.7. The second kappa shape index (κ2) is 14.9. The van der Waals surface area contributed by atoms with Crippen molar-refractivity contribution in [3.63, 3.8) is 0 Å². The molecule has 6 rings (SSSR count). The van der Waals surface area contributed by atoms with E-state index in [1.54, 1.807) is 48.9 Å². The standard InChI is InChI=1S/C40H37BrN2O6S/c1-25-34(38(45)49-30-14-10-7-11-15-30)35(27-12-8-6-9-13-27)43-37(44)33(50-39(43)42-25)24-26-22-31(41)36(32(23-26)46-5)48-21-20-47-29-18-16-28(17-19-29)40(2,3)4/h6-19,22-24,35H,20-21H2,1-5H3. The predicted molar refractivity (Wildman–Crippen MR) is 199 cm³/mol. The summed E-state index contributed by atoms with van der Waals surface area (Å²) in [4.78, 5) is 33.0. The minimum absolute atomic E-state index is 0.0727. The van der Waals surface area contributed by atoms with Gasteiger partial charge in [-0.15, -0.1) is 0 Å². The van der Waals surface area contributed by atoms with Gasteiger partial charge in [0.05, 0.1) is 33.4 Å². The normalized spacial score (nSPS) is 14.5. The molecule has 10 heteroatoms. The number of benzene rings is 4. The lowest BCUT2D eigenvalue weighted by Crippen LogP contribution is -2.40. The van der Waals surface area contributed by atoms with Gasteiger partial charge in [0.25, 0.3) is 5.56 Å². The Kier molecular flexibility index (Phi) is 10.4. The Morgan fingerprint density at radius 3 is 2.24 bits per heavy atom. The summed E-state index contributed by atoms with van der Waals surface area (Å²) < 4.78 is 26.1. The number of carbonyl (C=O) groups excluding carboxylic acids is 1. The number of hydrogen-bond donors (Lipinski definition) is 0. The van der Waals surface area contributed by atoms with Crippen molar-refractivity contribution in [3.8, 4) is 23.0 Å². The minimum atomic E-state index is -0.721. The van der Waals surface area contributed by atoms with E-state index in [9.17, 15) is 9.59 Å². The number of aromatic nitrogens is 1. The highest BCUT2D eigenvalue weighted by atomic mass is 79.9. The number of thiazole rings is 1. The van der Waals surface area contributed by atoms with Crippen LogP contribution in [0.5, 0.6) is 23.0 Å². The lowest BCUT2D eigenvalue weighted by molar-refractivity contribution is -0.130. The van der Waals surface area contributed by atoms with Crippen LogP contribution in [0, 0.1) is 0 Å². The van der Waals surface area contributed by atoms with Crippen LogP contribution < -0.4 is 33.8 Å². The van der Waals surface area contributed by atoms with Crippen LogP contribution >= 0.6 is 27.3 Å². The summed E-state index contributed by atoms with van der Waals surface area (Å²) in [5.74, 6) is 1.64. The number of nitrogens with zero attached hydrogens (tertiary/aromatic N) is 2. The number of halogens is 1. The van der Waals surface area contributed by atoms with Gasteiger partial charge >= 0.3 is 5.97 Å². The molecule has 0 spiro atoms. The van der Waals surface area contributed by atoms with Gasteiger partial charge in [-0.2, -0.15) is 0 Å². The van der Waals surface area contributed by atoms with E-state index in [0.717, 1.165) is 16.9 Å². The van der Waals surface area contributed by atoms with Gasteiger partial charge in [-0.1, -0.05) is 92.8 Å². The number of methoxy groups -OCH3 is 1. The molecule has 0 bridgehead atoms. The van der Waals surface area contributed by atoms with Crippen LogP contribution in [0.2, 0.25) is 0 Å². The van der Waals surface area contributed by atoms with Gasteiger partial charge in [0, 0.05) is 0 Å². The van der Waals surface area contributed by atoms with Crippen LogP contribution in [0.4, 0.5) is 0 Å². The van der Waals surface area contributed by atoms with Crippen LogP contribution in [0.25, 0.3) is 6.08 Å². The van der Waals surface area contributed by atoms with Crippen molar-refractivity contribution in [1.82, 2.24) is 4.57 Å². The monoisotopic (exact) mass is 752 g/mol. The van der Waals surface area contributed by atoms with Crippen molar-refractivity contribution in [2.24, 2.45) is 4.99 Å². The Balaban J connectivity index is 1.26. The molecule has 1 atom stereocenters. The van der Waals surface area contributed by atoms with E-state index >= 15 is 0 Å². The third kappa shape index (κ3) is 7.61. The molecule has 1 aliphatic rings. The van der Waals surface area contributed by atoms with E-state index in [-0.39, 0.29) is 11.0 Å². The maximum atomic E-state index is 14.1. The van der Waals surface area contributed by atoms with E-state index in [2.05, 4.69) is 48.8 Å². The lowest BCUT2D eigenvalue weighted by Gasteiger charge is -2.24. The molecule has 0 N–H and O–H groups in total. The molecule has 5 aromatic rings. The SMILES string of the molecule is COc1cc(C=c2sc3n(c2=O)C(c2ccccc2)C(C(=O)Oc2ccccc2)=C(C)N=3)cc(Br)c1OCCOc1ccc(C(C)(C)C)cc1. The molecule has 0 saturated heterocycles. The summed E-state index contributed by atoms with van der Waals surface area (Å²) in [6, 6.07) is 29.3. The Morgan fingerprint density at radius 1 is 0.920 bits per heavy atom. The van der Waals surface area contributed by atoms with Crippen molar-refractivity contribution >= 4 is 39.3 Å². The quantitative estimate of drug-likeness (QED) is 0.0842. The predicted octanol–water partition coefficient (Wildman–Crippen LogP) is 7.37.